The van der Waals surface area contributed by atoms with Crippen LogP contribution in [0.2, 0.25) is 5.02 Å². The molecule has 1 aromatic carbocycles. The highest BCUT2D eigenvalue weighted by atomic mass is 35.5. The molecular weight excluding hydrogens is 497 g/mol. The van der Waals surface area contributed by atoms with Crippen LogP contribution >= 0.6 is 11.6 Å². The second-order valence-electron chi connectivity index (χ2n) is 8.99. The van der Waals surface area contributed by atoms with E-state index in [0.29, 0.717) is 56.2 Å². The molecule has 1 fully saturated rings. The Kier molecular flexibility index (Phi) is 7.87. The lowest BCUT2D eigenvalue weighted by molar-refractivity contribution is -0.137. The fourth-order valence-electron chi connectivity index (χ4n) is 4.42. The Balaban J connectivity index is 1.48. The molecule has 8 nitrogen and oxygen atoms in total. The number of likely N-dealkylation sites (tertiary alicyclic amines) is 1. The van der Waals surface area contributed by atoms with Gasteiger partial charge in [-0.05, 0) is 48.9 Å². The third kappa shape index (κ3) is 6.18. The number of nitrogens with one attached hydrogen (secondary N) is 2. The number of piperidine rings is 1. The molecule has 0 bridgehead atoms. The first-order valence-electron chi connectivity index (χ1n) is 11.9. The smallest absolute Gasteiger partial charge is 0.369 e. The molecular formula is C24H28ClF3N6O2. The zero-order valence-electron chi connectivity index (χ0n) is 19.9. The van der Waals surface area contributed by atoms with Crippen molar-refractivity contribution in [1.82, 2.24) is 19.8 Å². The van der Waals surface area contributed by atoms with Crippen LogP contribution < -0.4 is 10.6 Å². The number of amides is 2. The maximum atomic E-state index is 13.6. The number of hydrogen-bond acceptors (Lipinski definition) is 6. The van der Waals surface area contributed by atoms with Crippen molar-refractivity contribution in [3.63, 3.8) is 0 Å². The molecule has 0 atom stereocenters. The Labute approximate surface area is 212 Å². The maximum absolute atomic E-state index is 13.6. The van der Waals surface area contributed by atoms with Gasteiger partial charge >= 0.3 is 6.18 Å². The molecule has 36 heavy (non-hydrogen) atoms. The summed E-state index contributed by atoms with van der Waals surface area (Å²) in [6.45, 7) is 3.91. The molecule has 0 saturated carbocycles. The van der Waals surface area contributed by atoms with E-state index >= 15 is 0 Å². The lowest BCUT2D eigenvalue weighted by atomic mass is 9.99. The average Bonchev–Trinajstić information content (AvgIpc) is 2.82. The van der Waals surface area contributed by atoms with Gasteiger partial charge in [-0.3, -0.25) is 9.59 Å². The van der Waals surface area contributed by atoms with Gasteiger partial charge in [-0.15, -0.1) is 0 Å². The highest BCUT2D eigenvalue weighted by Crippen LogP contribution is 2.35. The Hall–Kier alpha value is -3.08. The summed E-state index contributed by atoms with van der Waals surface area (Å²) in [5, 5.41) is 6.06. The third-order valence-electron chi connectivity index (χ3n) is 6.41. The van der Waals surface area contributed by atoms with E-state index in [-0.39, 0.29) is 30.1 Å². The standard InChI is InChI=1S/C24H28ClF3N6O2/c1-15(35)34-10-6-16-11-19(25)20(12-17(16)14-34)31-23-30-13-18(24(26,27)28)22(32-23)29-7-4-9-33-8-3-2-5-21(33)36/h11-13H,2-10,14H2,1H3,(H2,29,30,31,32). The quantitative estimate of drug-likeness (QED) is 0.514. The normalized spacial score (nSPS) is 16.1. The lowest BCUT2D eigenvalue weighted by Gasteiger charge is -2.28. The zero-order valence-corrected chi connectivity index (χ0v) is 20.7. The van der Waals surface area contributed by atoms with Crippen molar-refractivity contribution in [2.75, 3.05) is 36.8 Å². The summed E-state index contributed by atoms with van der Waals surface area (Å²) >= 11 is 6.42. The van der Waals surface area contributed by atoms with Gasteiger partial charge in [-0.2, -0.15) is 18.2 Å². The van der Waals surface area contributed by atoms with Crippen LogP contribution in [-0.4, -0.2) is 57.8 Å². The van der Waals surface area contributed by atoms with E-state index in [2.05, 4.69) is 20.6 Å². The molecule has 0 aliphatic carbocycles. The van der Waals surface area contributed by atoms with Crippen LogP contribution in [0.1, 0.15) is 49.3 Å². The third-order valence-corrected chi connectivity index (χ3v) is 6.72. The molecule has 4 rings (SSSR count). The van der Waals surface area contributed by atoms with Crippen molar-refractivity contribution >= 4 is 40.9 Å². The van der Waals surface area contributed by atoms with Crippen molar-refractivity contribution in [2.24, 2.45) is 0 Å². The van der Waals surface area contributed by atoms with Gasteiger partial charge in [0.25, 0.3) is 0 Å². The van der Waals surface area contributed by atoms with Crippen molar-refractivity contribution in [2.45, 2.75) is 51.7 Å². The van der Waals surface area contributed by atoms with Gasteiger partial charge in [-0.25, -0.2) is 4.98 Å². The first kappa shape index (κ1) is 26.0. The van der Waals surface area contributed by atoms with Crippen molar-refractivity contribution in [1.29, 1.82) is 0 Å². The van der Waals surface area contributed by atoms with Crippen LogP contribution in [0.4, 0.5) is 30.6 Å². The number of nitrogens with zero attached hydrogens (tertiary/aromatic N) is 4. The van der Waals surface area contributed by atoms with Gasteiger partial charge in [0.05, 0.1) is 10.7 Å². The summed E-state index contributed by atoms with van der Waals surface area (Å²) in [4.78, 5) is 35.1. The molecule has 2 N–H and O–H groups in total. The largest absolute Gasteiger partial charge is 0.421 e. The maximum Gasteiger partial charge on any atom is 0.421 e. The number of carbonyl (C=O) groups is 2. The second-order valence-corrected chi connectivity index (χ2v) is 9.40. The highest BCUT2D eigenvalue weighted by Gasteiger charge is 2.35. The summed E-state index contributed by atoms with van der Waals surface area (Å²) in [6, 6.07) is 3.57. The van der Waals surface area contributed by atoms with E-state index in [1.165, 1.54) is 6.92 Å². The van der Waals surface area contributed by atoms with E-state index in [1.807, 2.05) is 0 Å². The molecule has 194 valence electrons. The number of fused-ring (bicyclic) bond motifs is 1. The van der Waals surface area contributed by atoms with Crippen LogP contribution in [0.5, 0.6) is 0 Å². The van der Waals surface area contributed by atoms with Gasteiger partial charge in [0.2, 0.25) is 17.8 Å². The molecule has 0 spiro atoms. The van der Waals surface area contributed by atoms with E-state index < -0.39 is 11.7 Å². The number of anilines is 3. The van der Waals surface area contributed by atoms with Gasteiger partial charge in [0.1, 0.15) is 11.4 Å². The fraction of sp³-hybridized carbons (Fsp3) is 0.500. The number of rotatable bonds is 7. The Morgan fingerprint density at radius 2 is 1.97 bits per heavy atom. The van der Waals surface area contributed by atoms with Crippen LogP contribution in [0.15, 0.2) is 18.3 Å². The topological polar surface area (TPSA) is 90.5 Å². The molecule has 3 heterocycles. The summed E-state index contributed by atoms with van der Waals surface area (Å²) < 4.78 is 40.7. The van der Waals surface area contributed by atoms with E-state index in [0.717, 1.165) is 30.2 Å². The van der Waals surface area contributed by atoms with Crippen LogP contribution in [0.25, 0.3) is 0 Å². The summed E-state index contributed by atoms with van der Waals surface area (Å²) in [5.41, 5.74) is 1.39. The molecule has 0 radical (unpaired) electrons. The second kappa shape index (κ2) is 10.9. The number of aromatic nitrogens is 2. The average molecular weight is 525 g/mol. The Morgan fingerprint density at radius 1 is 1.17 bits per heavy atom. The molecule has 0 unspecified atom stereocenters. The number of halogens is 4. The van der Waals surface area contributed by atoms with Gasteiger partial charge < -0.3 is 20.4 Å². The van der Waals surface area contributed by atoms with Crippen molar-refractivity contribution in [3.8, 4) is 0 Å². The molecule has 2 aliphatic heterocycles. The minimum Gasteiger partial charge on any atom is -0.369 e. The first-order valence-corrected chi connectivity index (χ1v) is 12.3. The fourth-order valence-corrected chi connectivity index (χ4v) is 4.66. The lowest BCUT2D eigenvalue weighted by Crippen LogP contribution is -2.36. The van der Waals surface area contributed by atoms with Crippen molar-refractivity contribution < 1.29 is 22.8 Å². The summed E-state index contributed by atoms with van der Waals surface area (Å²) in [6.07, 6.45) is -0.412. The predicted molar refractivity (Wildman–Crippen MR) is 130 cm³/mol. The number of benzene rings is 1. The number of hydrogen-bond donors (Lipinski definition) is 2. The van der Waals surface area contributed by atoms with Gasteiger partial charge in [0.15, 0.2) is 0 Å². The molecule has 12 heteroatoms. The highest BCUT2D eigenvalue weighted by molar-refractivity contribution is 6.33. The minimum atomic E-state index is -4.64. The zero-order chi connectivity index (χ0) is 25.9. The van der Waals surface area contributed by atoms with Crippen molar-refractivity contribution in [3.05, 3.63) is 40.0 Å². The summed E-state index contributed by atoms with van der Waals surface area (Å²) in [7, 11) is 0. The van der Waals surface area contributed by atoms with E-state index in [1.54, 1.807) is 21.9 Å². The minimum absolute atomic E-state index is 0.0310. The molecule has 2 amide bonds. The van der Waals surface area contributed by atoms with Gasteiger partial charge in [0, 0.05) is 52.3 Å². The molecule has 2 aliphatic rings. The van der Waals surface area contributed by atoms with Gasteiger partial charge in [-0.1, -0.05) is 11.6 Å². The molecule has 1 saturated heterocycles. The summed E-state index contributed by atoms with van der Waals surface area (Å²) in [5.74, 6) is -0.338. The molecule has 2 aromatic rings. The monoisotopic (exact) mass is 524 g/mol. The number of alkyl halides is 3. The van der Waals surface area contributed by atoms with E-state index in [9.17, 15) is 22.8 Å². The number of carbonyl (C=O) groups excluding carboxylic acids is 2. The Bertz CT molecular complexity index is 1140. The van der Waals surface area contributed by atoms with Crippen LogP contribution in [0.3, 0.4) is 0 Å². The van der Waals surface area contributed by atoms with Crippen LogP contribution in [-0.2, 0) is 28.7 Å². The SMILES string of the molecule is CC(=O)N1CCc2cc(Cl)c(Nc3ncc(C(F)(F)F)c(NCCCN4CCCCC4=O)n3)cc2C1. The first-order chi connectivity index (χ1) is 17.1. The molecule has 1 aromatic heterocycles. The van der Waals surface area contributed by atoms with E-state index in [4.69, 9.17) is 11.6 Å². The Morgan fingerprint density at radius 3 is 2.69 bits per heavy atom. The predicted octanol–water partition coefficient (Wildman–Crippen LogP) is 4.61. The van der Waals surface area contributed by atoms with Crippen LogP contribution in [0, 0.1) is 0 Å².